The second-order valence-electron chi connectivity index (χ2n) is 5.58. The lowest BCUT2D eigenvalue weighted by Crippen LogP contribution is -2.28. The predicted octanol–water partition coefficient (Wildman–Crippen LogP) is 2.79. The number of aromatic nitrogens is 2. The van der Waals surface area contributed by atoms with E-state index in [1.54, 1.807) is 4.68 Å². The summed E-state index contributed by atoms with van der Waals surface area (Å²) in [6, 6.07) is 8.04. The van der Waals surface area contributed by atoms with E-state index >= 15 is 0 Å². The van der Waals surface area contributed by atoms with E-state index in [1.807, 2.05) is 24.1 Å². The third-order valence-corrected chi connectivity index (χ3v) is 3.76. The highest BCUT2D eigenvalue weighted by atomic mass is 16.2. The van der Waals surface area contributed by atoms with Crippen LogP contribution in [0.25, 0.3) is 0 Å². The quantitative estimate of drug-likeness (QED) is 0.840. The van der Waals surface area contributed by atoms with Gasteiger partial charge in [0.05, 0.1) is 5.69 Å². The van der Waals surface area contributed by atoms with Crippen molar-refractivity contribution in [1.29, 1.82) is 0 Å². The smallest absolute Gasteiger partial charge is 0.251 e. The van der Waals surface area contributed by atoms with Gasteiger partial charge in [-0.05, 0) is 56.5 Å². The van der Waals surface area contributed by atoms with Crippen LogP contribution in [-0.2, 0) is 4.79 Å². The number of anilines is 1. The Morgan fingerprint density at radius 2 is 1.85 bits per heavy atom. The molecule has 0 saturated carbocycles. The van der Waals surface area contributed by atoms with Crippen LogP contribution in [0.3, 0.4) is 0 Å². The summed E-state index contributed by atoms with van der Waals surface area (Å²) in [6.07, 6.45) is 2.70. The van der Waals surface area contributed by atoms with Gasteiger partial charge in [0.1, 0.15) is 6.04 Å². The molecule has 1 saturated heterocycles. The fourth-order valence-electron chi connectivity index (χ4n) is 2.88. The summed E-state index contributed by atoms with van der Waals surface area (Å²) in [5.41, 5.74) is 4.32. The largest absolute Gasteiger partial charge is 0.310 e. The monoisotopic (exact) mass is 269 g/mol. The number of amides is 1. The molecule has 0 radical (unpaired) electrons. The first-order valence-electron chi connectivity index (χ1n) is 6.96. The summed E-state index contributed by atoms with van der Waals surface area (Å²) in [4.78, 5) is 14.5. The molecule has 0 bridgehead atoms. The SMILES string of the molecule is Cc1cc(C)cc(N2CCC(n3ccc(C)n3)C2=O)c1. The Balaban J connectivity index is 1.88. The number of rotatable bonds is 2. The van der Waals surface area contributed by atoms with Crippen molar-refractivity contribution in [2.45, 2.75) is 33.2 Å². The van der Waals surface area contributed by atoms with Gasteiger partial charge in [-0.1, -0.05) is 6.07 Å². The minimum atomic E-state index is -0.162. The van der Waals surface area contributed by atoms with Crippen LogP contribution in [0.2, 0.25) is 0 Å². The van der Waals surface area contributed by atoms with E-state index in [0.717, 1.165) is 24.3 Å². The second kappa shape index (κ2) is 4.78. The standard InChI is InChI=1S/C16H19N3O/c1-11-8-12(2)10-14(9-11)18-6-5-15(16(18)20)19-7-4-13(3)17-19/h4,7-10,15H,5-6H2,1-3H3. The number of aryl methyl sites for hydroxylation is 3. The molecule has 20 heavy (non-hydrogen) atoms. The Hall–Kier alpha value is -2.10. The van der Waals surface area contributed by atoms with Crippen LogP contribution in [0.1, 0.15) is 29.3 Å². The molecule has 0 N–H and O–H groups in total. The minimum Gasteiger partial charge on any atom is -0.310 e. The van der Waals surface area contributed by atoms with Crippen molar-refractivity contribution in [1.82, 2.24) is 9.78 Å². The van der Waals surface area contributed by atoms with Gasteiger partial charge >= 0.3 is 0 Å². The summed E-state index contributed by atoms with van der Waals surface area (Å²) in [7, 11) is 0. The molecule has 1 amide bonds. The lowest BCUT2D eigenvalue weighted by atomic mass is 10.1. The van der Waals surface area contributed by atoms with E-state index < -0.39 is 0 Å². The van der Waals surface area contributed by atoms with Crippen molar-refractivity contribution in [3.63, 3.8) is 0 Å². The molecule has 1 aromatic heterocycles. The van der Waals surface area contributed by atoms with Gasteiger partial charge < -0.3 is 4.90 Å². The van der Waals surface area contributed by atoms with Crippen molar-refractivity contribution >= 4 is 11.6 Å². The number of nitrogens with zero attached hydrogens (tertiary/aromatic N) is 3. The molecule has 1 atom stereocenters. The fourth-order valence-corrected chi connectivity index (χ4v) is 2.88. The van der Waals surface area contributed by atoms with Gasteiger partial charge in [0.25, 0.3) is 5.91 Å². The van der Waals surface area contributed by atoms with Gasteiger partial charge in [-0.25, -0.2) is 0 Å². The number of hydrogen-bond acceptors (Lipinski definition) is 2. The molecule has 4 nitrogen and oxygen atoms in total. The third kappa shape index (κ3) is 2.22. The molecule has 1 unspecified atom stereocenters. The molecule has 1 aliphatic heterocycles. The molecule has 1 aliphatic rings. The van der Waals surface area contributed by atoms with E-state index in [4.69, 9.17) is 0 Å². The van der Waals surface area contributed by atoms with Crippen LogP contribution < -0.4 is 4.90 Å². The highest BCUT2D eigenvalue weighted by molar-refractivity contribution is 5.98. The maximum Gasteiger partial charge on any atom is 0.251 e. The number of benzene rings is 1. The van der Waals surface area contributed by atoms with Gasteiger partial charge in [0.2, 0.25) is 0 Å². The molecule has 4 heteroatoms. The maximum atomic E-state index is 12.6. The zero-order valence-electron chi connectivity index (χ0n) is 12.1. The molecule has 1 fully saturated rings. The zero-order valence-corrected chi connectivity index (χ0v) is 12.1. The van der Waals surface area contributed by atoms with Gasteiger partial charge in [-0.15, -0.1) is 0 Å². The molecule has 0 aliphatic carbocycles. The van der Waals surface area contributed by atoms with Crippen molar-refractivity contribution in [2.24, 2.45) is 0 Å². The van der Waals surface area contributed by atoms with Crippen molar-refractivity contribution < 1.29 is 4.79 Å². The normalized spacial score (nSPS) is 18.9. The summed E-state index contributed by atoms with van der Waals surface area (Å²) in [6.45, 7) is 6.82. The highest BCUT2D eigenvalue weighted by Gasteiger charge is 2.34. The lowest BCUT2D eigenvalue weighted by molar-refractivity contribution is -0.120. The van der Waals surface area contributed by atoms with Crippen molar-refractivity contribution in [3.8, 4) is 0 Å². The van der Waals surface area contributed by atoms with Crippen LogP contribution in [0.5, 0.6) is 0 Å². The van der Waals surface area contributed by atoms with Crippen molar-refractivity contribution in [2.75, 3.05) is 11.4 Å². The Bertz CT molecular complexity index is 639. The molecule has 1 aromatic carbocycles. The lowest BCUT2D eigenvalue weighted by Gasteiger charge is -2.18. The van der Waals surface area contributed by atoms with E-state index in [-0.39, 0.29) is 11.9 Å². The Morgan fingerprint density at radius 3 is 2.45 bits per heavy atom. The van der Waals surface area contributed by atoms with Gasteiger partial charge in [-0.3, -0.25) is 9.48 Å². The molecule has 104 valence electrons. The molecule has 2 aromatic rings. The first-order valence-corrected chi connectivity index (χ1v) is 6.96. The van der Waals surface area contributed by atoms with E-state index in [1.165, 1.54) is 11.1 Å². The minimum absolute atomic E-state index is 0.137. The topological polar surface area (TPSA) is 38.1 Å². The Labute approximate surface area is 119 Å². The third-order valence-electron chi connectivity index (χ3n) is 3.76. The summed E-state index contributed by atoms with van der Waals surface area (Å²) in [5.74, 6) is 0.137. The van der Waals surface area contributed by atoms with Crippen LogP contribution in [0, 0.1) is 20.8 Å². The maximum absolute atomic E-state index is 12.6. The van der Waals surface area contributed by atoms with Gasteiger partial charge in [0.15, 0.2) is 0 Å². The molecule has 3 rings (SSSR count). The van der Waals surface area contributed by atoms with Crippen LogP contribution >= 0.6 is 0 Å². The first-order chi connectivity index (χ1) is 9.54. The predicted molar refractivity (Wildman–Crippen MR) is 78.9 cm³/mol. The van der Waals surface area contributed by atoms with E-state index in [9.17, 15) is 4.79 Å². The number of carbonyl (C=O) groups is 1. The van der Waals surface area contributed by atoms with Crippen LogP contribution in [-0.4, -0.2) is 22.2 Å². The van der Waals surface area contributed by atoms with Crippen molar-refractivity contribution in [3.05, 3.63) is 47.3 Å². The van der Waals surface area contributed by atoms with E-state index in [2.05, 4.69) is 37.1 Å². The average molecular weight is 269 g/mol. The Morgan fingerprint density at radius 1 is 1.15 bits per heavy atom. The number of hydrogen-bond donors (Lipinski definition) is 0. The summed E-state index contributed by atoms with van der Waals surface area (Å²) >= 11 is 0. The van der Waals surface area contributed by atoms with Gasteiger partial charge in [-0.2, -0.15) is 5.10 Å². The first kappa shape index (κ1) is 12.9. The molecular weight excluding hydrogens is 250 g/mol. The van der Waals surface area contributed by atoms with Crippen LogP contribution in [0.15, 0.2) is 30.5 Å². The van der Waals surface area contributed by atoms with Crippen LogP contribution in [0.4, 0.5) is 5.69 Å². The molecular formula is C16H19N3O. The highest BCUT2D eigenvalue weighted by Crippen LogP contribution is 2.29. The fraction of sp³-hybridized carbons (Fsp3) is 0.375. The second-order valence-corrected chi connectivity index (χ2v) is 5.58. The molecule has 2 heterocycles. The molecule has 0 spiro atoms. The summed E-state index contributed by atoms with van der Waals surface area (Å²) < 4.78 is 1.79. The zero-order chi connectivity index (χ0) is 14.3. The van der Waals surface area contributed by atoms with E-state index in [0.29, 0.717) is 0 Å². The number of carbonyl (C=O) groups excluding carboxylic acids is 1. The Kier molecular flexibility index (Phi) is 3.08. The summed E-state index contributed by atoms with van der Waals surface area (Å²) in [5, 5.41) is 4.38. The van der Waals surface area contributed by atoms with Gasteiger partial charge in [0, 0.05) is 18.4 Å². The average Bonchev–Trinajstić information content (AvgIpc) is 2.94.